The van der Waals surface area contributed by atoms with Crippen LogP contribution in [0.1, 0.15) is 19.7 Å². The molecule has 98 valence electrons. The first-order valence-corrected chi connectivity index (χ1v) is 6.23. The highest BCUT2D eigenvalue weighted by molar-refractivity contribution is 5.75. The summed E-state index contributed by atoms with van der Waals surface area (Å²) in [6.07, 6.45) is 0.755. The van der Waals surface area contributed by atoms with Gasteiger partial charge in [0.05, 0.1) is 17.6 Å². The Labute approximate surface area is 108 Å². The van der Waals surface area contributed by atoms with Crippen molar-refractivity contribution in [2.75, 3.05) is 13.7 Å². The Kier molecular flexibility index (Phi) is 3.68. The van der Waals surface area contributed by atoms with Crippen LogP contribution in [0.15, 0.2) is 24.3 Å². The summed E-state index contributed by atoms with van der Waals surface area (Å²) >= 11 is 0. The minimum absolute atomic E-state index is 0.258. The standard InChI is InChI=1S/C14H21N3O/c1-14(2,15)10-13-16-11-6-4-5-7-12(11)17(13)8-9-18-3/h4-7H,8-10,15H2,1-3H3. The van der Waals surface area contributed by atoms with Crippen LogP contribution in [0.4, 0.5) is 0 Å². The van der Waals surface area contributed by atoms with E-state index in [9.17, 15) is 0 Å². The first-order chi connectivity index (χ1) is 8.51. The molecule has 2 rings (SSSR count). The van der Waals surface area contributed by atoms with Gasteiger partial charge in [0.2, 0.25) is 0 Å². The largest absolute Gasteiger partial charge is 0.383 e. The Morgan fingerprint density at radius 3 is 2.72 bits per heavy atom. The molecule has 0 saturated heterocycles. The van der Waals surface area contributed by atoms with Crippen LogP contribution in [0.25, 0.3) is 11.0 Å². The van der Waals surface area contributed by atoms with Crippen LogP contribution in [0.5, 0.6) is 0 Å². The highest BCUT2D eigenvalue weighted by Crippen LogP contribution is 2.18. The number of fused-ring (bicyclic) bond motifs is 1. The molecule has 2 N–H and O–H groups in total. The molecule has 2 aromatic rings. The molecule has 4 heteroatoms. The summed E-state index contributed by atoms with van der Waals surface area (Å²) in [4.78, 5) is 4.68. The van der Waals surface area contributed by atoms with Gasteiger partial charge in [0.1, 0.15) is 5.82 Å². The topological polar surface area (TPSA) is 53.1 Å². The molecule has 0 fully saturated rings. The molecule has 1 heterocycles. The molecule has 0 bridgehead atoms. The first-order valence-electron chi connectivity index (χ1n) is 6.23. The quantitative estimate of drug-likeness (QED) is 0.878. The van der Waals surface area contributed by atoms with E-state index < -0.39 is 0 Å². The number of nitrogens with two attached hydrogens (primary N) is 1. The first kappa shape index (κ1) is 13.1. The van der Waals surface area contributed by atoms with Crippen LogP contribution in [-0.4, -0.2) is 28.8 Å². The SMILES string of the molecule is COCCn1c(CC(C)(C)N)nc2ccccc21. The number of aromatic nitrogens is 2. The average molecular weight is 247 g/mol. The Balaban J connectivity index is 2.43. The number of nitrogens with zero attached hydrogens (tertiary/aromatic N) is 2. The highest BCUT2D eigenvalue weighted by atomic mass is 16.5. The van der Waals surface area contributed by atoms with Crippen molar-refractivity contribution < 1.29 is 4.74 Å². The lowest BCUT2D eigenvalue weighted by molar-refractivity contribution is 0.187. The summed E-state index contributed by atoms with van der Waals surface area (Å²) < 4.78 is 7.37. The van der Waals surface area contributed by atoms with Crippen molar-refractivity contribution in [2.24, 2.45) is 5.73 Å². The third-order valence-corrected chi connectivity index (χ3v) is 2.87. The monoisotopic (exact) mass is 247 g/mol. The minimum atomic E-state index is -0.258. The van der Waals surface area contributed by atoms with Crippen molar-refractivity contribution in [3.05, 3.63) is 30.1 Å². The summed E-state index contributed by atoms with van der Waals surface area (Å²) in [5, 5.41) is 0. The Morgan fingerprint density at radius 2 is 2.06 bits per heavy atom. The Hall–Kier alpha value is -1.39. The van der Waals surface area contributed by atoms with Crippen molar-refractivity contribution in [3.63, 3.8) is 0 Å². The maximum Gasteiger partial charge on any atom is 0.111 e. The zero-order valence-electron chi connectivity index (χ0n) is 11.3. The van der Waals surface area contributed by atoms with Crippen LogP contribution in [0, 0.1) is 0 Å². The predicted octanol–water partition coefficient (Wildman–Crippen LogP) is 1.96. The second kappa shape index (κ2) is 5.08. The molecule has 1 aromatic carbocycles. The van der Waals surface area contributed by atoms with E-state index in [1.807, 2.05) is 32.0 Å². The maximum atomic E-state index is 6.10. The maximum absolute atomic E-state index is 6.10. The van der Waals surface area contributed by atoms with E-state index >= 15 is 0 Å². The summed E-state index contributed by atoms with van der Waals surface area (Å²) in [6, 6.07) is 8.16. The van der Waals surface area contributed by atoms with Gasteiger partial charge in [0.15, 0.2) is 0 Å². The number of hydrogen-bond donors (Lipinski definition) is 1. The molecular formula is C14H21N3O. The van der Waals surface area contributed by atoms with Crippen molar-refractivity contribution >= 4 is 11.0 Å². The molecule has 0 aliphatic carbocycles. The highest BCUT2D eigenvalue weighted by Gasteiger charge is 2.18. The van der Waals surface area contributed by atoms with Crippen molar-refractivity contribution in [2.45, 2.75) is 32.4 Å². The van der Waals surface area contributed by atoms with E-state index in [1.165, 1.54) is 0 Å². The number of hydrogen-bond acceptors (Lipinski definition) is 3. The third-order valence-electron chi connectivity index (χ3n) is 2.87. The van der Waals surface area contributed by atoms with Crippen molar-refractivity contribution in [1.29, 1.82) is 0 Å². The fraction of sp³-hybridized carbons (Fsp3) is 0.500. The van der Waals surface area contributed by atoms with Gasteiger partial charge in [-0.15, -0.1) is 0 Å². The third kappa shape index (κ3) is 2.89. The molecular weight excluding hydrogens is 226 g/mol. The molecule has 0 aliphatic heterocycles. The van der Waals surface area contributed by atoms with Gasteiger partial charge in [-0.25, -0.2) is 4.98 Å². The van der Waals surface area contributed by atoms with Gasteiger partial charge in [-0.2, -0.15) is 0 Å². The molecule has 18 heavy (non-hydrogen) atoms. The van der Waals surface area contributed by atoms with Gasteiger partial charge in [0, 0.05) is 25.6 Å². The summed E-state index contributed by atoms with van der Waals surface area (Å²) in [7, 11) is 1.71. The van der Waals surface area contributed by atoms with Gasteiger partial charge in [-0.3, -0.25) is 0 Å². The average Bonchev–Trinajstić information content (AvgIpc) is 2.61. The molecule has 4 nitrogen and oxygen atoms in total. The van der Waals surface area contributed by atoms with E-state index in [-0.39, 0.29) is 5.54 Å². The number of methoxy groups -OCH3 is 1. The lowest BCUT2D eigenvalue weighted by atomic mass is 10.0. The molecule has 0 saturated carbocycles. The second-order valence-electron chi connectivity index (χ2n) is 5.33. The summed E-state index contributed by atoms with van der Waals surface area (Å²) in [6.45, 7) is 5.53. The molecule has 0 atom stereocenters. The Morgan fingerprint density at radius 1 is 1.33 bits per heavy atom. The van der Waals surface area contributed by atoms with Crippen LogP contribution in [0.3, 0.4) is 0 Å². The van der Waals surface area contributed by atoms with Gasteiger partial charge in [0.25, 0.3) is 0 Å². The van der Waals surface area contributed by atoms with E-state index in [0.29, 0.717) is 6.61 Å². The van der Waals surface area contributed by atoms with Gasteiger partial charge < -0.3 is 15.0 Å². The molecule has 1 aromatic heterocycles. The number of ether oxygens (including phenoxy) is 1. The lowest BCUT2D eigenvalue weighted by Crippen LogP contribution is -2.35. The van der Waals surface area contributed by atoms with Crippen LogP contribution < -0.4 is 5.73 Å². The zero-order valence-corrected chi connectivity index (χ0v) is 11.3. The van der Waals surface area contributed by atoms with Crippen LogP contribution in [0.2, 0.25) is 0 Å². The fourth-order valence-corrected chi connectivity index (χ4v) is 2.10. The molecule has 0 aliphatic rings. The lowest BCUT2D eigenvalue weighted by Gasteiger charge is -2.18. The van der Waals surface area contributed by atoms with Gasteiger partial charge in [-0.05, 0) is 26.0 Å². The minimum Gasteiger partial charge on any atom is -0.383 e. The molecule has 0 radical (unpaired) electrons. The van der Waals surface area contributed by atoms with Crippen molar-refractivity contribution in [1.82, 2.24) is 9.55 Å². The van der Waals surface area contributed by atoms with E-state index in [1.54, 1.807) is 7.11 Å². The van der Waals surface area contributed by atoms with Gasteiger partial charge in [-0.1, -0.05) is 12.1 Å². The van der Waals surface area contributed by atoms with Crippen LogP contribution in [-0.2, 0) is 17.7 Å². The molecule has 0 spiro atoms. The number of imidazole rings is 1. The number of benzene rings is 1. The van der Waals surface area contributed by atoms with E-state index in [0.717, 1.165) is 29.8 Å². The summed E-state index contributed by atoms with van der Waals surface area (Å²) in [5.41, 5.74) is 8.01. The number of para-hydroxylation sites is 2. The Bertz CT molecular complexity index is 525. The van der Waals surface area contributed by atoms with E-state index in [2.05, 4.69) is 15.6 Å². The fourth-order valence-electron chi connectivity index (χ4n) is 2.10. The van der Waals surface area contributed by atoms with E-state index in [4.69, 9.17) is 10.5 Å². The normalized spacial score (nSPS) is 12.2. The van der Waals surface area contributed by atoms with Gasteiger partial charge >= 0.3 is 0 Å². The molecule has 0 unspecified atom stereocenters. The predicted molar refractivity (Wildman–Crippen MR) is 73.6 cm³/mol. The number of rotatable bonds is 5. The van der Waals surface area contributed by atoms with Crippen molar-refractivity contribution in [3.8, 4) is 0 Å². The molecule has 0 amide bonds. The smallest absolute Gasteiger partial charge is 0.111 e. The zero-order chi connectivity index (χ0) is 13.2. The second-order valence-corrected chi connectivity index (χ2v) is 5.33. The summed E-state index contributed by atoms with van der Waals surface area (Å²) in [5.74, 6) is 1.03. The van der Waals surface area contributed by atoms with Crippen LogP contribution >= 0.6 is 0 Å².